The predicted octanol–water partition coefficient (Wildman–Crippen LogP) is 3.28. The van der Waals surface area contributed by atoms with Crippen molar-refractivity contribution in [2.24, 2.45) is 5.10 Å². The molecule has 0 aliphatic rings. The molecular formula is C16H14BrN3O4. The summed E-state index contributed by atoms with van der Waals surface area (Å²) in [5.74, 6) is -0.479. The average Bonchev–Trinajstić information content (AvgIpc) is 2.58. The second kappa shape index (κ2) is 8.21. The minimum Gasteiger partial charge on any atom is -0.477 e. The Bertz CT molecular complexity index is 792. The van der Waals surface area contributed by atoms with Gasteiger partial charge in [-0.15, -0.1) is 0 Å². The van der Waals surface area contributed by atoms with Gasteiger partial charge in [0.15, 0.2) is 12.4 Å². The first kappa shape index (κ1) is 17.6. The van der Waals surface area contributed by atoms with Crippen LogP contribution in [0.1, 0.15) is 12.5 Å². The fraction of sp³-hybridized carbons (Fsp3) is 0.125. The first-order chi connectivity index (χ1) is 11.5. The number of nitrogens with zero attached hydrogens (tertiary/aromatic N) is 2. The molecule has 2 rings (SSSR count). The molecule has 0 atom stereocenters. The largest absolute Gasteiger partial charge is 0.477 e. The lowest BCUT2D eigenvalue weighted by Gasteiger charge is -2.06. The molecule has 124 valence electrons. The van der Waals surface area contributed by atoms with Crippen molar-refractivity contribution >= 4 is 33.2 Å². The number of carbonyl (C=O) groups excluding carboxylic acids is 1. The minimum atomic E-state index is -0.567. The van der Waals surface area contributed by atoms with E-state index in [9.17, 15) is 14.9 Å². The summed E-state index contributed by atoms with van der Waals surface area (Å²) in [5, 5.41) is 14.9. The van der Waals surface area contributed by atoms with Gasteiger partial charge in [-0.25, -0.2) is 5.43 Å². The van der Waals surface area contributed by atoms with E-state index in [1.807, 2.05) is 24.3 Å². The Labute approximate surface area is 146 Å². The van der Waals surface area contributed by atoms with Crippen molar-refractivity contribution in [1.82, 2.24) is 5.43 Å². The van der Waals surface area contributed by atoms with Crippen molar-refractivity contribution in [3.63, 3.8) is 0 Å². The maximum Gasteiger partial charge on any atom is 0.310 e. The van der Waals surface area contributed by atoms with E-state index in [4.69, 9.17) is 4.74 Å². The predicted molar refractivity (Wildman–Crippen MR) is 93.1 cm³/mol. The van der Waals surface area contributed by atoms with Crippen molar-refractivity contribution in [2.75, 3.05) is 6.61 Å². The number of rotatable bonds is 6. The molecule has 0 bridgehead atoms. The van der Waals surface area contributed by atoms with Gasteiger partial charge in [0.05, 0.1) is 10.6 Å². The van der Waals surface area contributed by atoms with Crippen molar-refractivity contribution < 1.29 is 14.5 Å². The highest BCUT2D eigenvalue weighted by Crippen LogP contribution is 2.25. The fourth-order valence-electron chi connectivity index (χ4n) is 1.83. The zero-order valence-corrected chi connectivity index (χ0v) is 14.3. The lowest BCUT2D eigenvalue weighted by atomic mass is 10.1. The van der Waals surface area contributed by atoms with Crippen molar-refractivity contribution in [3.8, 4) is 5.75 Å². The molecule has 1 amide bonds. The number of halogens is 1. The van der Waals surface area contributed by atoms with E-state index in [0.717, 1.165) is 10.0 Å². The molecule has 0 saturated carbocycles. The number of hydrazone groups is 1. The van der Waals surface area contributed by atoms with Gasteiger partial charge in [-0.3, -0.25) is 14.9 Å². The summed E-state index contributed by atoms with van der Waals surface area (Å²) in [6.45, 7) is 1.38. The van der Waals surface area contributed by atoms with Crippen LogP contribution in [0.25, 0.3) is 0 Å². The standard InChI is InChI=1S/C16H14BrN3O4/c1-11(12-5-4-6-13(17)9-12)18-19-16(21)10-24-15-8-3-2-7-14(15)20(22)23/h2-9H,10H2,1H3,(H,19,21)/b18-11+. The molecule has 2 aromatic carbocycles. The minimum absolute atomic E-state index is 0.0327. The van der Waals surface area contributed by atoms with Crippen LogP contribution < -0.4 is 10.2 Å². The molecule has 0 aliphatic heterocycles. The van der Waals surface area contributed by atoms with E-state index in [0.29, 0.717) is 5.71 Å². The number of hydrogen-bond acceptors (Lipinski definition) is 5. The maximum absolute atomic E-state index is 11.8. The smallest absolute Gasteiger partial charge is 0.310 e. The molecule has 0 heterocycles. The van der Waals surface area contributed by atoms with Gasteiger partial charge in [0, 0.05) is 10.5 Å². The van der Waals surface area contributed by atoms with Crippen molar-refractivity contribution in [1.29, 1.82) is 0 Å². The molecule has 1 N–H and O–H groups in total. The SMILES string of the molecule is C/C(=N\NC(=O)COc1ccccc1[N+](=O)[O-])c1cccc(Br)c1. The molecular weight excluding hydrogens is 378 g/mol. The molecule has 0 spiro atoms. The molecule has 2 aromatic rings. The topological polar surface area (TPSA) is 93.8 Å². The van der Waals surface area contributed by atoms with E-state index in [2.05, 4.69) is 26.5 Å². The van der Waals surface area contributed by atoms with Crippen molar-refractivity contribution in [3.05, 3.63) is 68.7 Å². The maximum atomic E-state index is 11.8. The van der Waals surface area contributed by atoms with E-state index in [1.54, 1.807) is 13.0 Å². The molecule has 0 unspecified atom stereocenters. The van der Waals surface area contributed by atoms with Crippen LogP contribution in [0.5, 0.6) is 5.75 Å². The average molecular weight is 392 g/mol. The third-order valence-electron chi connectivity index (χ3n) is 3.01. The number of amides is 1. The molecule has 0 radical (unpaired) electrons. The second-order valence-corrected chi connectivity index (χ2v) is 5.67. The Morgan fingerprint density at radius 1 is 1.29 bits per heavy atom. The zero-order chi connectivity index (χ0) is 17.5. The van der Waals surface area contributed by atoms with Crippen LogP contribution in [0.3, 0.4) is 0 Å². The summed E-state index contributed by atoms with van der Waals surface area (Å²) in [6.07, 6.45) is 0. The molecule has 0 fully saturated rings. The van der Waals surface area contributed by atoms with Gasteiger partial charge < -0.3 is 4.74 Å². The molecule has 8 heteroatoms. The number of carbonyl (C=O) groups is 1. The Morgan fingerprint density at radius 2 is 2.04 bits per heavy atom. The van der Waals surface area contributed by atoms with E-state index in [1.165, 1.54) is 18.2 Å². The van der Waals surface area contributed by atoms with Gasteiger partial charge in [0.25, 0.3) is 5.91 Å². The number of nitrogens with one attached hydrogen (secondary N) is 1. The highest BCUT2D eigenvalue weighted by atomic mass is 79.9. The Balaban J connectivity index is 1.94. The van der Waals surface area contributed by atoms with Gasteiger partial charge in [-0.1, -0.05) is 40.2 Å². The fourth-order valence-corrected chi connectivity index (χ4v) is 2.23. The van der Waals surface area contributed by atoms with Gasteiger partial charge >= 0.3 is 5.69 Å². The van der Waals surface area contributed by atoms with Crippen LogP contribution in [-0.2, 0) is 4.79 Å². The summed E-state index contributed by atoms with van der Waals surface area (Å²) in [6, 6.07) is 13.3. The van der Waals surface area contributed by atoms with Crippen LogP contribution >= 0.6 is 15.9 Å². The summed E-state index contributed by atoms with van der Waals surface area (Å²) < 4.78 is 6.09. The van der Waals surface area contributed by atoms with E-state index < -0.39 is 10.8 Å². The Hall–Kier alpha value is -2.74. The first-order valence-corrected chi connectivity index (χ1v) is 7.72. The highest BCUT2D eigenvalue weighted by Gasteiger charge is 2.14. The number of para-hydroxylation sites is 2. The first-order valence-electron chi connectivity index (χ1n) is 6.92. The Kier molecular flexibility index (Phi) is 6.02. The molecule has 0 aromatic heterocycles. The van der Waals surface area contributed by atoms with Crippen LogP contribution in [-0.4, -0.2) is 23.1 Å². The lowest BCUT2D eigenvalue weighted by molar-refractivity contribution is -0.385. The molecule has 0 saturated heterocycles. The highest BCUT2D eigenvalue weighted by molar-refractivity contribution is 9.10. The van der Waals surface area contributed by atoms with E-state index in [-0.39, 0.29) is 18.0 Å². The Morgan fingerprint density at radius 3 is 2.75 bits per heavy atom. The van der Waals surface area contributed by atoms with Crippen LogP contribution in [0.2, 0.25) is 0 Å². The van der Waals surface area contributed by atoms with Crippen LogP contribution in [0.4, 0.5) is 5.69 Å². The summed E-state index contributed by atoms with van der Waals surface area (Å²) in [5.41, 5.74) is 3.63. The zero-order valence-electron chi connectivity index (χ0n) is 12.7. The number of nitro groups is 1. The number of hydrogen-bond donors (Lipinski definition) is 1. The number of benzene rings is 2. The third-order valence-corrected chi connectivity index (χ3v) is 3.50. The molecule has 0 aliphatic carbocycles. The van der Waals surface area contributed by atoms with Gasteiger partial charge in [-0.2, -0.15) is 5.10 Å². The van der Waals surface area contributed by atoms with Crippen LogP contribution in [0.15, 0.2) is 58.1 Å². The van der Waals surface area contributed by atoms with Gasteiger partial charge in [0.1, 0.15) is 0 Å². The molecule has 7 nitrogen and oxygen atoms in total. The van der Waals surface area contributed by atoms with E-state index >= 15 is 0 Å². The summed E-state index contributed by atoms with van der Waals surface area (Å²) in [4.78, 5) is 22.1. The third kappa shape index (κ3) is 4.88. The lowest BCUT2D eigenvalue weighted by Crippen LogP contribution is -2.25. The summed E-state index contributed by atoms with van der Waals surface area (Å²) >= 11 is 3.36. The number of nitro benzene ring substituents is 1. The second-order valence-electron chi connectivity index (χ2n) is 4.76. The monoisotopic (exact) mass is 391 g/mol. The van der Waals surface area contributed by atoms with Crippen molar-refractivity contribution in [2.45, 2.75) is 6.92 Å². The molecule has 24 heavy (non-hydrogen) atoms. The quantitative estimate of drug-likeness (QED) is 0.464. The summed E-state index contributed by atoms with van der Waals surface area (Å²) in [7, 11) is 0. The van der Waals surface area contributed by atoms with Gasteiger partial charge in [-0.05, 0) is 30.7 Å². The number of ether oxygens (including phenoxy) is 1. The van der Waals surface area contributed by atoms with Gasteiger partial charge in [0.2, 0.25) is 0 Å². The van der Waals surface area contributed by atoms with Crippen LogP contribution in [0, 0.1) is 10.1 Å². The normalized spacial score (nSPS) is 11.0.